The third kappa shape index (κ3) is 9.39. The monoisotopic (exact) mass is 555 g/mol. The molecule has 0 amide bonds. The maximum absolute atomic E-state index is 11.9. The van der Waals surface area contributed by atoms with Crippen molar-refractivity contribution in [2.24, 2.45) is 0 Å². The summed E-state index contributed by atoms with van der Waals surface area (Å²) in [5.41, 5.74) is 6.32. The Morgan fingerprint density at radius 3 is 2.58 bits per heavy atom. The minimum atomic E-state index is -0.844. The van der Waals surface area contributed by atoms with Crippen LogP contribution in [0, 0.1) is 6.92 Å². The molecule has 2 N–H and O–H groups in total. The highest BCUT2D eigenvalue weighted by atomic mass is 32.2. The Hall–Kier alpha value is -1.89. The smallest absolute Gasteiger partial charge is 0.326 e. The van der Waals surface area contributed by atoms with E-state index in [1.54, 1.807) is 11.8 Å². The molecule has 38 heavy (non-hydrogen) atoms. The van der Waals surface area contributed by atoms with Gasteiger partial charge in [0.15, 0.2) is 0 Å². The highest BCUT2D eigenvalue weighted by molar-refractivity contribution is 7.99. The van der Waals surface area contributed by atoms with Crippen molar-refractivity contribution >= 4 is 35.2 Å². The summed E-state index contributed by atoms with van der Waals surface area (Å²) < 4.78 is 6.61. The predicted molar refractivity (Wildman–Crippen MR) is 166 cm³/mol. The standard InChI is InChI=1S/C32H45NO3S2/c1-5-38-22-27(36-26-12-7-6-8-13-26)17-15-25-16-18-29(24(3)33-31(32(34)35)19-20-37-4)30(21-25)28-14-10-9-11-23(28)2/h9-11,14,16,18,21,26-27,31,33H,3,5-8,12-13,15,17,19-20,22H2,1-2,4H3,(H,34,35). The van der Waals surface area contributed by atoms with Gasteiger partial charge in [0, 0.05) is 17.0 Å². The number of ether oxygens (including phenoxy) is 1. The Kier molecular flexibility index (Phi) is 13.1. The lowest BCUT2D eigenvalue weighted by molar-refractivity contribution is -0.139. The molecule has 1 aliphatic rings. The number of benzene rings is 2. The van der Waals surface area contributed by atoms with Crippen molar-refractivity contribution in [3.8, 4) is 11.1 Å². The lowest BCUT2D eigenvalue weighted by Gasteiger charge is -2.28. The average Bonchev–Trinajstić information content (AvgIpc) is 2.93. The fraction of sp³-hybridized carbons (Fsp3) is 0.531. The van der Waals surface area contributed by atoms with Crippen molar-refractivity contribution in [1.82, 2.24) is 5.32 Å². The molecule has 2 unspecified atom stereocenters. The zero-order valence-corrected chi connectivity index (χ0v) is 25.0. The largest absolute Gasteiger partial charge is 0.480 e. The third-order valence-corrected chi connectivity index (χ3v) is 8.96. The number of nitrogens with one attached hydrogen (secondary N) is 1. The lowest BCUT2D eigenvalue weighted by atomic mass is 9.91. The van der Waals surface area contributed by atoms with Gasteiger partial charge >= 0.3 is 5.97 Å². The van der Waals surface area contributed by atoms with Crippen LogP contribution in [0.5, 0.6) is 0 Å². The second-order valence-electron chi connectivity index (χ2n) is 10.2. The Morgan fingerprint density at radius 1 is 1.13 bits per heavy atom. The summed E-state index contributed by atoms with van der Waals surface area (Å²) in [6.45, 7) is 8.61. The van der Waals surface area contributed by atoms with Crippen LogP contribution in [0.2, 0.25) is 0 Å². The summed E-state index contributed by atoms with van der Waals surface area (Å²) in [4.78, 5) is 11.9. The number of carboxylic acid groups (broad SMARTS) is 1. The molecule has 0 heterocycles. The van der Waals surface area contributed by atoms with E-state index in [1.807, 2.05) is 18.0 Å². The van der Waals surface area contributed by atoms with E-state index in [4.69, 9.17) is 4.74 Å². The number of thioether (sulfide) groups is 2. The van der Waals surface area contributed by atoms with Crippen molar-refractivity contribution in [2.75, 3.05) is 23.5 Å². The molecular weight excluding hydrogens is 510 g/mol. The van der Waals surface area contributed by atoms with Crippen molar-refractivity contribution in [3.05, 3.63) is 65.7 Å². The first-order chi connectivity index (χ1) is 18.4. The van der Waals surface area contributed by atoms with Crippen molar-refractivity contribution < 1.29 is 14.6 Å². The molecule has 2 atom stereocenters. The zero-order valence-electron chi connectivity index (χ0n) is 23.3. The van der Waals surface area contributed by atoms with Crippen molar-refractivity contribution in [3.63, 3.8) is 0 Å². The molecule has 208 valence electrons. The van der Waals surface area contributed by atoms with Gasteiger partial charge in [0.05, 0.1) is 12.2 Å². The van der Waals surface area contributed by atoms with Crippen LogP contribution in [0.15, 0.2) is 49.0 Å². The van der Waals surface area contributed by atoms with Gasteiger partial charge in [0.1, 0.15) is 6.04 Å². The average molecular weight is 556 g/mol. The van der Waals surface area contributed by atoms with Crippen LogP contribution in [0.1, 0.15) is 68.6 Å². The van der Waals surface area contributed by atoms with Crippen LogP contribution in [-0.2, 0) is 16.0 Å². The quantitative estimate of drug-likeness (QED) is 0.220. The van der Waals surface area contributed by atoms with Gasteiger partial charge in [-0.2, -0.15) is 23.5 Å². The fourth-order valence-electron chi connectivity index (χ4n) is 5.13. The van der Waals surface area contributed by atoms with Crippen LogP contribution >= 0.6 is 23.5 Å². The van der Waals surface area contributed by atoms with Gasteiger partial charge in [-0.3, -0.25) is 0 Å². The second kappa shape index (κ2) is 16.3. The van der Waals surface area contributed by atoms with Gasteiger partial charge in [-0.1, -0.05) is 75.2 Å². The van der Waals surface area contributed by atoms with E-state index in [-0.39, 0.29) is 6.10 Å². The zero-order chi connectivity index (χ0) is 27.3. The van der Waals surface area contributed by atoms with E-state index in [0.29, 0.717) is 18.2 Å². The third-order valence-electron chi connectivity index (χ3n) is 7.30. The molecule has 2 aromatic rings. The summed E-state index contributed by atoms with van der Waals surface area (Å²) in [6, 6.07) is 14.3. The Labute approximate surface area is 238 Å². The number of carbonyl (C=O) groups is 1. The molecule has 0 spiro atoms. The SMILES string of the molecule is C=C(NC(CCSC)C(=O)O)c1ccc(CCC(CSCC)OC2CCCCC2)cc1-c1ccccc1C. The molecule has 4 nitrogen and oxygen atoms in total. The van der Waals surface area contributed by atoms with Gasteiger partial charge in [-0.15, -0.1) is 0 Å². The van der Waals surface area contributed by atoms with Crippen LogP contribution in [-0.4, -0.2) is 52.8 Å². The molecule has 0 aromatic heterocycles. The number of hydrogen-bond donors (Lipinski definition) is 2. The summed E-state index contributed by atoms with van der Waals surface area (Å²) in [7, 11) is 0. The van der Waals surface area contributed by atoms with Gasteiger partial charge in [-0.05, 0) is 79.0 Å². The van der Waals surface area contributed by atoms with Gasteiger partial charge < -0.3 is 15.2 Å². The first-order valence-corrected chi connectivity index (χ1v) is 16.6. The lowest BCUT2D eigenvalue weighted by Crippen LogP contribution is -2.35. The van der Waals surface area contributed by atoms with E-state index in [1.165, 1.54) is 43.2 Å². The second-order valence-corrected chi connectivity index (χ2v) is 12.5. The normalized spacial score (nSPS) is 15.7. The summed E-state index contributed by atoms with van der Waals surface area (Å²) >= 11 is 3.62. The number of rotatable bonds is 16. The van der Waals surface area contributed by atoms with Gasteiger partial charge in [0.2, 0.25) is 0 Å². The van der Waals surface area contributed by atoms with Crippen LogP contribution < -0.4 is 5.32 Å². The van der Waals surface area contributed by atoms with E-state index >= 15 is 0 Å². The molecule has 1 saturated carbocycles. The highest BCUT2D eigenvalue weighted by Gasteiger charge is 2.21. The number of hydrogen-bond acceptors (Lipinski definition) is 5. The molecular formula is C32H45NO3S2. The van der Waals surface area contributed by atoms with E-state index in [2.05, 4.69) is 68.2 Å². The van der Waals surface area contributed by atoms with E-state index < -0.39 is 12.0 Å². The van der Waals surface area contributed by atoms with Crippen LogP contribution in [0.3, 0.4) is 0 Å². The first-order valence-electron chi connectivity index (χ1n) is 14.0. The van der Waals surface area contributed by atoms with E-state index in [0.717, 1.165) is 46.8 Å². The highest BCUT2D eigenvalue weighted by Crippen LogP contribution is 2.32. The van der Waals surface area contributed by atoms with Crippen LogP contribution in [0.25, 0.3) is 16.8 Å². The summed E-state index contributed by atoms with van der Waals surface area (Å²) in [5, 5.41) is 13.0. The molecule has 6 heteroatoms. The fourth-order valence-corrected chi connectivity index (χ4v) is 6.35. The van der Waals surface area contributed by atoms with Crippen molar-refractivity contribution in [2.45, 2.75) is 83.5 Å². The molecule has 0 saturated heterocycles. The maximum atomic E-state index is 11.9. The number of aliphatic carboxylic acids is 1. The molecule has 0 aliphatic heterocycles. The number of carboxylic acids is 1. The predicted octanol–water partition coefficient (Wildman–Crippen LogP) is 7.83. The first kappa shape index (κ1) is 30.6. The minimum Gasteiger partial charge on any atom is -0.480 e. The molecule has 1 fully saturated rings. The summed E-state index contributed by atoms with van der Waals surface area (Å²) in [5.74, 6) is 2.09. The number of aryl methyl sites for hydroxylation is 2. The molecule has 0 radical (unpaired) electrons. The van der Waals surface area contributed by atoms with Gasteiger partial charge in [0.25, 0.3) is 0 Å². The van der Waals surface area contributed by atoms with E-state index in [9.17, 15) is 9.90 Å². The molecule has 0 bridgehead atoms. The Morgan fingerprint density at radius 2 is 1.89 bits per heavy atom. The Bertz CT molecular complexity index is 1040. The van der Waals surface area contributed by atoms with Crippen LogP contribution in [0.4, 0.5) is 0 Å². The molecule has 2 aromatic carbocycles. The topological polar surface area (TPSA) is 58.6 Å². The Balaban J connectivity index is 1.82. The minimum absolute atomic E-state index is 0.272. The maximum Gasteiger partial charge on any atom is 0.326 e. The summed E-state index contributed by atoms with van der Waals surface area (Å²) in [6.07, 6.45) is 11.5. The van der Waals surface area contributed by atoms with Crippen molar-refractivity contribution in [1.29, 1.82) is 0 Å². The van der Waals surface area contributed by atoms with Gasteiger partial charge in [-0.25, -0.2) is 4.79 Å². The molecule has 1 aliphatic carbocycles. The molecule has 3 rings (SSSR count).